The monoisotopic (exact) mass is 398 g/mol. The first kappa shape index (κ1) is 20.7. The molecule has 1 N–H and O–H groups in total. The Hall–Kier alpha value is -1.58. The Morgan fingerprint density at radius 2 is 2.00 bits per heavy atom. The summed E-state index contributed by atoms with van der Waals surface area (Å²) in [6.07, 6.45) is -8.27. The molecule has 0 saturated heterocycles. The van der Waals surface area contributed by atoms with Crippen molar-refractivity contribution < 1.29 is 31.9 Å². The van der Waals surface area contributed by atoms with Gasteiger partial charge in [0.25, 0.3) is 6.43 Å². The van der Waals surface area contributed by atoms with E-state index in [2.05, 4.69) is 4.99 Å². The quantitative estimate of drug-likeness (QED) is 0.713. The Labute approximate surface area is 151 Å². The van der Waals surface area contributed by atoms with Gasteiger partial charge in [-0.3, -0.25) is 4.99 Å². The smallest absolute Gasteiger partial charge is 0.431 e. The molecule has 0 aromatic heterocycles. The van der Waals surface area contributed by atoms with Crippen LogP contribution in [0.15, 0.2) is 27.4 Å². The van der Waals surface area contributed by atoms with Crippen molar-refractivity contribution in [3.8, 4) is 0 Å². The normalized spacial score (nSPS) is 22.0. The number of nitrogens with zero attached hydrogens (tertiary/aromatic N) is 2. The van der Waals surface area contributed by atoms with Gasteiger partial charge in [-0.15, -0.1) is 11.8 Å². The summed E-state index contributed by atoms with van der Waals surface area (Å²) < 4.78 is 68.6. The van der Waals surface area contributed by atoms with E-state index < -0.39 is 35.9 Å². The van der Waals surface area contributed by atoms with Gasteiger partial charge in [-0.1, -0.05) is 13.8 Å². The maximum Gasteiger partial charge on any atom is 0.431 e. The number of carbonyl (C=O) groups is 1. The molecular weight excluding hydrogens is 379 g/mol. The van der Waals surface area contributed by atoms with Crippen LogP contribution in [-0.2, 0) is 4.79 Å². The van der Waals surface area contributed by atoms with Gasteiger partial charge in [0.2, 0.25) is 0 Å². The number of aliphatic imine (C=N–C) groups is 1. The predicted octanol–water partition coefficient (Wildman–Crippen LogP) is 3.95. The van der Waals surface area contributed by atoms with E-state index in [1.54, 1.807) is 13.8 Å². The molecule has 2 aliphatic rings. The van der Waals surface area contributed by atoms with Gasteiger partial charge in [-0.2, -0.15) is 13.2 Å². The van der Waals surface area contributed by atoms with Crippen LogP contribution in [0.1, 0.15) is 20.3 Å². The number of likely N-dealkylation sites (N-methyl/N-ethyl adjacent to an activating group) is 1. The summed E-state index contributed by atoms with van der Waals surface area (Å²) >= 11 is 1.08. The molecule has 4 nitrogen and oxygen atoms in total. The SMILES string of the molecule is CC(C)CC1=C(C(=O)O)C(C(F)F)N(C)C(C(F)(F)F)=C1C1=NCCS1. The summed E-state index contributed by atoms with van der Waals surface area (Å²) in [5.41, 5.74) is -2.51. The molecule has 0 aromatic rings. The van der Waals surface area contributed by atoms with E-state index in [0.29, 0.717) is 17.2 Å². The van der Waals surface area contributed by atoms with E-state index in [4.69, 9.17) is 0 Å². The molecule has 2 rings (SSSR count). The highest BCUT2D eigenvalue weighted by Crippen LogP contribution is 2.45. The van der Waals surface area contributed by atoms with Crippen molar-refractivity contribution in [3.05, 3.63) is 22.4 Å². The molecule has 1 unspecified atom stereocenters. The van der Waals surface area contributed by atoms with E-state index in [1.165, 1.54) is 0 Å². The van der Waals surface area contributed by atoms with E-state index in [9.17, 15) is 31.9 Å². The number of hydrogen-bond acceptors (Lipinski definition) is 4. The first-order chi connectivity index (χ1) is 12.0. The fourth-order valence-corrected chi connectivity index (χ4v) is 4.12. The predicted molar refractivity (Wildman–Crippen MR) is 89.5 cm³/mol. The van der Waals surface area contributed by atoms with Crippen molar-refractivity contribution in [1.82, 2.24) is 4.90 Å². The maximum atomic E-state index is 13.8. The molecule has 0 bridgehead atoms. The van der Waals surface area contributed by atoms with Gasteiger partial charge in [0.05, 0.1) is 5.57 Å². The first-order valence-corrected chi connectivity index (χ1v) is 8.92. The Kier molecular flexibility index (Phi) is 6.04. The van der Waals surface area contributed by atoms with Gasteiger partial charge in [-0.05, 0) is 17.9 Å². The number of rotatable bonds is 5. The zero-order chi connectivity index (χ0) is 19.8. The molecule has 2 heterocycles. The second-order valence-corrected chi connectivity index (χ2v) is 7.53. The lowest BCUT2D eigenvalue weighted by Gasteiger charge is -2.40. The fraction of sp³-hybridized carbons (Fsp3) is 0.625. The lowest BCUT2D eigenvalue weighted by atomic mass is 9.84. The third-order valence-corrected chi connectivity index (χ3v) is 5.07. The lowest BCUT2D eigenvalue weighted by molar-refractivity contribution is -0.137. The third-order valence-electron chi connectivity index (χ3n) is 4.08. The molecule has 26 heavy (non-hydrogen) atoms. The summed E-state index contributed by atoms with van der Waals surface area (Å²) in [4.78, 5) is 16.2. The van der Waals surface area contributed by atoms with Crippen LogP contribution in [0.4, 0.5) is 22.0 Å². The van der Waals surface area contributed by atoms with Crippen molar-refractivity contribution in [2.24, 2.45) is 10.9 Å². The average Bonchev–Trinajstić information content (AvgIpc) is 2.99. The zero-order valence-corrected chi connectivity index (χ0v) is 15.2. The number of aliphatic carboxylic acids is 1. The first-order valence-electron chi connectivity index (χ1n) is 7.93. The molecule has 0 aromatic carbocycles. The van der Waals surface area contributed by atoms with Gasteiger partial charge in [-0.25, -0.2) is 13.6 Å². The number of allylic oxidation sites excluding steroid dienone is 2. The molecule has 0 spiro atoms. The Morgan fingerprint density at radius 1 is 1.38 bits per heavy atom. The van der Waals surface area contributed by atoms with Crippen molar-refractivity contribution in [2.45, 2.75) is 38.9 Å². The van der Waals surface area contributed by atoms with Crippen LogP contribution < -0.4 is 0 Å². The van der Waals surface area contributed by atoms with Crippen LogP contribution in [0.5, 0.6) is 0 Å². The second kappa shape index (κ2) is 7.58. The largest absolute Gasteiger partial charge is 0.478 e. The van der Waals surface area contributed by atoms with Crippen molar-refractivity contribution in [2.75, 3.05) is 19.3 Å². The number of thioether (sulfide) groups is 1. The minimum Gasteiger partial charge on any atom is -0.478 e. The van der Waals surface area contributed by atoms with E-state index in [0.717, 1.165) is 18.8 Å². The van der Waals surface area contributed by atoms with E-state index >= 15 is 0 Å². The molecule has 0 saturated carbocycles. The van der Waals surface area contributed by atoms with Crippen LogP contribution in [-0.4, -0.2) is 59.0 Å². The number of hydrogen-bond donors (Lipinski definition) is 1. The Bertz CT molecular complexity index is 683. The molecule has 10 heteroatoms. The third kappa shape index (κ3) is 3.89. The summed E-state index contributed by atoms with van der Waals surface area (Å²) in [5, 5.41) is 9.60. The standard InChI is InChI=1S/C16H19F5N2O2S/c1-7(2)6-8-9(15(24)25)11(13(17)18)23(3)12(16(19,20)21)10(8)14-22-4-5-26-14/h7,11,13H,4-6H2,1-3H3,(H,24,25). The Morgan fingerprint density at radius 3 is 2.38 bits per heavy atom. The molecule has 0 fully saturated rings. The molecule has 146 valence electrons. The number of alkyl halides is 5. The second-order valence-electron chi connectivity index (χ2n) is 6.44. The van der Waals surface area contributed by atoms with E-state index in [1.807, 2.05) is 0 Å². The van der Waals surface area contributed by atoms with Gasteiger partial charge in [0.1, 0.15) is 16.8 Å². The minimum absolute atomic E-state index is 0.0614. The minimum atomic E-state index is -4.92. The molecule has 2 aliphatic heterocycles. The topological polar surface area (TPSA) is 52.9 Å². The van der Waals surface area contributed by atoms with Crippen LogP contribution in [0, 0.1) is 5.92 Å². The van der Waals surface area contributed by atoms with Crippen LogP contribution in [0.2, 0.25) is 0 Å². The van der Waals surface area contributed by atoms with Gasteiger partial charge >= 0.3 is 12.1 Å². The van der Waals surface area contributed by atoms with Gasteiger partial charge in [0.15, 0.2) is 0 Å². The van der Waals surface area contributed by atoms with Crippen molar-refractivity contribution >= 4 is 22.8 Å². The maximum absolute atomic E-state index is 13.8. The van der Waals surface area contributed by atoms with Crippen LogP contribution in [0.25, 0.3) is 0 Å². The lowest BCUT2D eigenvalue weighted by Crippen LogP contribution is -2.48. The van der Waals surface area contributed by atoms with Crippen molar-refractivity contribution in [1.29, 1.82) is 0 Å². The number of halogens is 5. The summed E-state index contributed by atoms with van der Waals surface area (Å²) in [5.74, 6) is -1.40. The molecule has 0 amide bonds. The van der Waals surface area contributed by atoms with Gasteiger partial charge in [0, 0.05) is 24.9 Å². The number of carboxylic acids is 1. The number of carboxylic acid groups (broad SMARTS) is 1. The highest BCUT2D eigenvalue weighted by molar-refractivity contribution is 8.14. The molecule has 0 aliphatic carbocycles. The van der Waals surface area contributed by atoms with Crippen molar-refractivity contribution in [3.63, 3.8) is 0 Å². The molecule has 1 atom stereocenters. The molecule has 0 radical (unpaired) electrons. The van der Waals surface area contributed by atoms with E-state index in [-0.39, 0.29) is 28.5 Å². The Balaban J connectivity index is 2.87. The van der Waals surface area contributed by atoms with Crippen LogP contribution in [0.3, 0.4) is 0 Å². The average molecular weight is 398 g/mol. The zero-order valence-electron chi connectivity index (χ0n) is 14.4. The highest BCUT2D eigenvalue weighted by Gasteiger charge is 2.50. The molecular formula is C16H19F5N2O2S. The van der Waals surface area contributed by atoms with Gasteiger partial charge < -0.3 is 10.0 Å². The summed E-state index contributed by atoms with van der Waals surface area (Å²) in [7, 11) is 0.856. The van der Waals surface area contributed by atoms with Crippen LogP contribution >= 0.6 is 11.8 Å². The highest BCUT2D eigenvalue weighted by atomic mass is 32.2. The fourth-order valence-electron chi connectivity index (χ4n) is 3.19. The summed E-state index contributed by atoms with van der Waals surface area (Å²) in [6.45, 7) is 3.68. The summed E-state index contributed by atoms with van der Waals surface area (Å²) in [6, 6.07) is -2.17.